The maximum atomic E-state index is 12.9. The van der Waals surface area contributed by atoms with Crippen LogP contribution in [0.1, 0.15) is 12.5 Å². The van der Waals surface area contributed by atoms with Crippen molar-refractivity contribution in [2.45, 2.75) is 26.6 Å². The van der Waals surface area contributed by atoms with Crippen molar-refractivity contribution in [3.8, 4) is 0 Å². The number of nitrogens with zero attached hydrogens (tertiary/aromatic N) is 4. The summed E-state index contributed by atoms with van der Waals surface area (Å²) in [5, 5.41) is 2.44. The third-order valence-electron chi connectivity index (χ3n) is 4.09. The Kier molecular flexibility index (Phi) is 4.51. The molecule has 130 valence electrons. The Morgan fingerprint density at radius 2 is 1.88 bits per heavy atom. The van der Waals surface area contributed by atoms with Crippen LogP contribution in [0.15, 0.2) is 46.2 Å². The standard InChI is InChI=1S/C17H19N5O3/c1-3-20-11-19-15-14(20)16(24)22(10-13(23)18-2)17(25)21(15)9-12-7-5-4-6-8-12/h4-8,11H,3,9-10H2,1-2H3,(H,18,23). The van der Waals surface area contributed by atoms with Gasteiger partial charge in [0, 0.05) is 13.6 Å². The summed E-state index contributed by atoms with van der Waals surface area (Å²) in [7, 11) is 1.46. The molecule has 0 fully saturated rings. The lowest BCUT2D eigenvalue weighted by Gasteiger charge is -2.12. The number of likely N-dealkylation sites (N-methyl/N-ethyl adjacent to an activating group) is 1. The molecule has 3 aromatic rings. The summed E-state index contributed by atoms with van der Waals surface area (Å²) in [6.07, 6.45) is 1.54. The van der Waals surface area contributed by atoms with E-state index in [0.29, 0.717) is 17.7 Å². The molecule has 8 heteroatoms. The summed E-state index contributed by atoms with van der Waals surface area (Å²) >= 11 is 0. The van der Waals surface area contributed by atoms with Crippen LogP contribution in [-0.4, -0.2) is 31.6 Å². The van der Waals surface area contributed by atoms with E-state index in [2.05, 4.69) is 10.3 Å². The van der Waals surface area contributed by atoms with Crippen molar-refractivity contribution in [1.82, 2.24) is 24.0 Å². The minimum absolute atomic E-state index is 0.269. The van der Waals surface area contributed by atoms with Gasteiger partial charge in [0.15, 0.2) is 11.2 Å². The van der Waals surface area contributed by atoms with Crippen molar-refractivity contribution >= 4 is 17.1 Å². The number of benzene rings is 1. The average molecular weight is 341 g/mol. The fourth-order valence-corrected chi connectivity index (χ4v) is 2.75. The number of aryl methyl sites for hydroxylation is 1. The normalized spacial score (nSPS) is 11.0. The lowest BCUT2D eigenvalue weighted by atomic mass is 10.2. The quantitative estimate of drug-likeness (QED) is 0.716. The van der Waals surface area contributed by atoms with E-state index in [4.69, 9.17) is 0 Å². The van der Waals surface area contributed by atoms with Gasteiger partial charge in [-0.25, -0.2) is 14.3 Å². The van der Waals surface area contributed by atoms with Gasteiger partial charge in [-0.2, -0.15) is 0 Å². The molecule has 0 aliphatic heterocycles. The summed E-state index contributed by atoms with van der Waals surface area (Å²) in [5.41, 5.74) is 0.497. The number of carbonyl (C=O) groups is 1. The summed E-state index contributed by atoms with van der Waals surface area (Å²) in [5.74, 6) is -0.410. The first-order valence-corrected chi connectivity index (χ1v) is 7.99. The van der Waals surface area contributed by atoms with E-state index in [1.54, 1.807) is 4.57 Å². The van der Waals surface area contributed by atoms with Gasteiger partial charge in [-0.05, 0) is 12.5 Å². The van der Waals surface area contributed by atoms with E-state index in [0.717, 1.165) is 10.1 Å². The number of hydrogen-bond donors (Lipinski definition) is 1. The van der Waals surface area contributed by atoms with Crippen molar-refractivity contribution in [1.29, 1.82) is 0 Å². The fourth-order valence-electron chi connectivity index (χ4n) is 2.75. The SMILES string of the molecule is CCn1cnc2c1c(=O)n(CC(=O)NC)c(=O)n2Cc1ccccc1. The summed E-state index contributed by atoms with van der Waals surface area (Å²) in [6.45, 7) is 2.37. The minimum Gasteiger partial charge on any atom is -0.358 e. The average Bonchev–Trinajstić information content (AvgIpc) is 3.07. The Bertz CT molecular complexity index is 1030. The van der Waals surface area contributed by atoms with Crippen LogP contribution < -0.4 is 16.6 Å². The number of hydrogen-bond acceptors (Lipinski definition) is 4. The molecule has 0 saturated heterocycles. The second-order valence-electron chi connectivity index (χ2n) is 5.62. The summed E-state index contributed by atoms with van der Waals surface area (Å²) in [4.78, 5) is 41.6. The molecule has 1 aromatic carbocycles. The van der Waals surface area contributed by atoms with Gasteiger partial charge in [-0.1, -0.05) is 30.3 Å². The zero-order valence-corrected chi connectivity index (χ0v) is 14.1. The highest BCUT2D eigenvalue weighted by atomic mass is 16.2. The Morgan fingerprint density at radius 1 is 1.16 bits per heavy atom. The van der Waals surface area contributed by atoms with E-state index in [9.17, 15) is 14.4 Å². The molecule has 0 radical (unpaired) electrons. The van der Waals surface area contributed by atoms with E-state index < -0.39 is 17.2 Å². The highest BCUT2D eigenvalue weighted by molar-refractivity contribution is 5.76. The van der Waals surface area contributed by atoms with E-state index in [1.165, 1.54) is 17.9 Å². The molecule has 0 unspecified atom stereocenters. The van der Waals surface area contributed by atoms with Crippen molar-refractivity contribution in [2.24, 2.45) is 0 Å². The lowest BCUT2D eigenvalue weighted by molar-refractivity contribution is -0.121. The van der Waals surface area contributed by atoms with Crippen molar-refractivity contribution < 1.29 is 4.79 Å². The van der Waals surface area contributed by atoms with E-state index in [-0.39, 0.29) is 13.1 Å². The maximum absolute atomic E-state index is 12.9. The molecule has 0 aliphatic carbocycles. The molecule has 2 heterocycles. The van der Waals surface area contributed by atoms with Gasteiger partial charge >= 0.3 is 5.69 Å². The van der Waals surface area contributed by atoms with Gasteiger partial charge in [-0.15, -0.1) is 0 Å². The molecular formula is C17H19N5O3. The number of carbonyl (C=O) groups excluding carboxylic acids is 1. The molecule has 8 nitrogen and oxygen atoms in total. The molecule has 0 aliphatic rings. The molecule has 1 N–H and O–H groups in total. The summed E-state index contributed by atoms with van der Waals surface area (Å²) in [6, 6.07) is 9.43. The number of aromatic nitrogens is 4. The first-order chi connectivity index (χ1) is 12.1. The Hall–Kier alpha value is -3.16. The molecule has 2 aromatic heterocycles. The van der Waals surface area contributed by atoms with Gasteiger partial charge in [0.2, 0.25) is 5.91 Å². The number of imidazole rings is 1. The lowest BCUT2D eigenvalue weighted by Crippen LogP contribution is -2.44. The van der Waals surface area contributed by atoms with Gasteiger partial charge in [0.1, 0.15) is 6.54 Å². The largest absolute Gasteiger partial charge is 0.358 e. The highest BCUT2D eigenvalue weighted by Crippen LogP contribution is 2.09. The highest BCUT2D eigenvalue weighted by Gasteiger charge is 2.19. The number of amides is 1. The van der Waals surface area contributed by atoms with Crippen LogP contribution in [0.4, 0.5) is 0 Å². The molecule has 1 amide bonds. The van der Waals surface area contributed by atoms with Crippen LogP contribution >= 0.6 is 0 Å². The van der Waals surface area contributed by atoms with Crippen LogP contribution in [0, 0.1) is 0 Å². The zero-order valence-electron chi connectivity index (χ0n) is 14.1. The fraction of sp³-hybridized carbons (Fsp3) is 0.294. The van der Waals surface area contributed by atoms with Gasteiger partial charge < -0.3 is 9.88 Å². The van der Waals surface area contributed by atoms with Gasteiger partial charge in [0.25, 0.3) is 5.56 Å². The third-order valence-corrected chi connectivity index (χ3v) is 4.09. The second kappa shape index (κ2) is 6.76. The number of nitrogens with one attached hydrogen (secondary N) is 1. The molecule has 0 atom stereocenters. The Balaban J connectivity index is 2.27. The molecule has 25 heavy (non-hydrogen) atoms. The first-order valence-electron chi connectivity index (χ1n) is 7.99. The molecular weight excluding hydrogens is 322 g/mol. The second-order valence-corrected chi connectivity index (χ2v) is 5.62. The minimum atomic E-state index is -0.550. The molecule has 0 spiro atoms. The van der Waals surface area contributed by atoms with Crippen molar-refractivity contribution in [3.63, 3.8) is 0 Å². The first kappa shape index (κ1) is 16.7. The smallest absolute Gasteiger partial charge is 0.333 e. The maximum Gasteiger partial charge on any atom is 0.333 e. The number of fused-ring (bicyclic) bond motifs is 1. The number of rotatable bonds is 5. The summed E-state index contributed by atoms with van der Waals surface area (Å²) < 4.78 is 4.07. The van der Waals surface area contributed by atoms with Gasteiger partial charge in [0.05, 0.1) is 12.9 Å². The van der Waals surface area contributed by atoms with Crippen LogP contribution in [0.3, 0.4) is 0 Å². The van der Waals surface area contributed by atoms with E-state index in [1.807, 2.05) is 37.3 Å². The molecule has 3 rings (SSSR count). The monoisotopic (exact) mass is 341 g/mol. The molecule has 0 saturated carbocycles. The van der Waals surface area contributed by atoms with E-state index >= 15 is 0 Å². The predicted molar refractivity (Wildman–Crippen MR) is 93.5 cm³/mol. The van der Waals surface area contributed by atoms with Crippen molar-refractivity contribution in [2.75, 3.05) is 7.05 Å². The zero-order chi connectivity index (χ0) is 18.0. The third kappa shape index (κ3) is 2.98. The van der Waals surface area contributed by atoms with Crippen LogP contribution in [0.2, 0.25) is 0 Å². The van der Waals surface area contributed by atoms with Crippen LogP contribution in [0.25, 0.3) is 11.2 Å². The predicted octanol–water partition coefficient (Wildman–Crippen LogP) is 0.174. The van der Waals surface area contributed by atoms with Gasteiger partial charge in [-0.3, -0.25) is 14.2 Å². The molecule has 0 bridgehead atoms. The van der Waals surface area contributed by atoms with Crippen LogP contribution in [0.5, 0.6) is 0 Å². The Morgan fingerprint density at radius 3 is 2.52 bits per heavy atom. The Labute approximate surface area is 143 Å². The van der Waals surface area contributed by atoms with Crippen LogP contribution in [-0.2, 0) is 24.4 Å². The van der Waals surface area contributed by atoms with Crippen molar-refractivity contribution in [3.05, 3.63) is 63.1 Å². The topological polar surface area (TPSA) is 90.9 Å².